The number of hydrogen-bond acceptors (Lipinski definition) is 5. The second-order valence-electron chi connectivity index (χ2n) is 9.98. The van der Waals surface area contributed by atoms with Crippen LogP contribution in [0.25, 0.3) is 0 Å². The zero-order valence-electron chi connectivity index (χ0n) is 24.0. The van der Waals surface area contributed by atoms with Crippen molar-refractivity contribution < 1.29 is 22.7 Å². The molecular formula is C31H39N3O5S. The van der Waals surface area contributed by atoms with Crippen LogP contribution in [-0.4, -0.2) is 51.9 Å². The van der Waals surface area contributed by atoms with E-state index >= 15 is 0 Å². The van der Waals surface area contributed by atoms with Crippen molar-refractivity contribution in [1.82, 2.24) is 10.2 Å². The summed E-state index contributed by atoms with van der Waals surface area (Å²) in [6.45, 7) is 7.43. The maximum absolute atomic E-state index is 14.0. The number of anilines is 1. The molecule has 0 aliphatic heterocycles. The number of methoxy groups -OCH3 is 1. The molecule has 3 rings (SSSR count). The minimum absolute atomic E-state index is 0.0801. The molecule has 3 aromatic carbocycles. The Bertz CT molecular complexity index is 1400. The molecule has 40 heavy (non-hydrogen) atoms. The van der Waals surface area contributed by atoms with Gasteiger partial charge in [-0.15, -0.1) is 0 Å². The maximum atomic E-state index is 14.0. The van der Waals surface area contributed by atoms with Crippen molar-refractivity contribution in [3.63, 3.8) is 0 Å². The first-order chi connectivity index (χ1) is 19.0. The SMILES string of the molecule is CCC(C(=O)NC)N(Cc1cccc(OC)c1)C(=O)CN(c1ccc(C(C)C)cc1)S(=O)(=O)c1ccc(C)cc1. The average molecular weight is 566 g/mol. The Morgan fingerprint density at radius 1 is 0.975 bits per heavy atom. The van der Waals surface area contributed by atoms with E-state index in [0.29, 0.717) is 17.9 Å². The van der Waals surface area contributed by atoms with Crippen molar-refractivity contribution in [2.45, 2.75) is 57.5 Å². The lowest BCUT2D eigenvalue weighted by molar-refractivity contribution is -0.140. The second kappa shape index (κ2) is 13.5. The minimum Gasteiger partial charge on any atom is -0.497 e. The van der Waals surface area contributed by atoms with Gasteiger partial charge in [0, 0.05) is 13.6 Å². The molecule has 214 valence electrons. The van der Waals surface area contributed by atoms with Crippen LogP contribution in [0.2, 0.25) is 0 Å². The summed E-state index contributed by atoms with van der Waals surface area (Å²) in [5.74, 6) is 0.0515. The fraction of sp³-hybridized carbons (Fsp3) is 0.355. The van der Waals surface area contributed by atoms with Crippen LogP contribution in [0.3, 0.4) is 0 Å². The largest absolute Gasteiger partial charge is 0.497 e. The lowest BCUT2D eigenvalue weighted by Crippen LogP contribution is -2.51. The Hall–Kier alpha value is -3.85. The number of likely N-dealkylation sites (N-methyl/N-ethyl adjacent to an activating group) is 1. The molecule has 0 saturated heterocycles. The Morgan fingerprint density at radius 2 is 1.62 bits per heavy atom. The van der Waals surface area contributed by atoms with Crippen molar-refractivity contribution in [2.75, 3.05) is 25.0 Å². The molecule has 2 amide bonds. The van der Waals surface area contributed by atoms with E-state index in [9.17, 15) is 18.0 Å². The minimum atomic E-state index is -4.11. The Labute approximate surface area is 238 Å². The summed E-state index contributed by atoms with van der Waals surface area (Å²) in [6, 6.07) is 20.1. The molecular weight excluding hydrogens is 526 g/mol. The molecule has 1 atom stereocenters. The van der Waals surface area contributed by atoms with Gasteiger partial charge in [-0.1, -0.05) is 62.7 Å². The molecule has 1 N–H and O–H groups in total. The van der Waals surface area contributed by atoms with Crippen LogP contribution in [0.15, 0.2) is 77.7 Å². The van der Waals surface area contributed by atoms with E-state index in [1.165, 1.54) is 24.1 Å². The topological polar surface area (TPSA) is 96.0 Å². The van der Waals surface area contributed by atoms with Crippen LogP contribution in [-0.2, 0) is 26.2 Å². The van der Waals surface area contributed by atoms with E-state index in [1.807, 2.05) is 38.1 Å². The summed E-state index contributed by atoms with van der Waals surface area (Å²) >= 11 is 0. The number of amides is 2. The van der Waals surface area contributed by atoms with E-state index < -0.39 is 28.5 Å². The first-order valence-electron chi connectivity index (χ1n) is 13.3. The van der Waals surface area contributed by atoms with E-state index in [1.54, 1.807) is 43.5 Å². The molecule has 9 heteroatoms. The lowest BCUT2D eigenvalue weighted by atomic mass is 10.0. The van der Waals surface area contributed by atoms with Gasteiger partial charge in [-0.3, -0.25) is 13.9 Å². The summed E-state index contributed by atoms with van der Waals surface area (Å²) < 4.78 is 34.4. The number of carbonyl (C=O) groups is 2. The number of nitrogens with zero attached hydrogens (tertiary/aromatic N) is 2. The number of sulfonamides is 1. The third-order valence-corrected chi connectivity index (χ3v) is 8.64. The third kappa shape index (κ3) is 7.21. The van der Waals surface area contributed by atoms with Crippen LogP contribution < -0.4 is 14.4 Å². The number of carbonyl (C=O) groups excluding carboxylic acids is 2. The lowest BCUT2D eigenvalue weighted by Gasteiger charge is -2.33. The van der Waals surface area contributed by atoms with E-state index in [0.717, 1.165) is 21.0 Å². The molecule has 1 unspecified atom stereocenters. The van der Waals surface area contributed by atoms with Gasteiger partial charge in [-0.25, -0.2) is 8.42 Å². The molecule has 0 aliphatic rings. The first kappa shape index (κ1) is 30.7. The van der Waals surface area contributed by atoms with Crippen molar-refractivity contribution in [3.05, 3.63) is 89.5 Å². The van der Waals surface area contributed by atoms with Crippen molar-refractivity contribution in [1.29, 1.82) is 0 Å². The molecule has 0 aliphatic carbocycles. The van der Waals surface area contributed by atoms with Crippen LogP contribution in [0.1, 0.15) is 49.8 Å². The van der Waals surface area contributed by atoms with Gasteiger partial charge < -0.3 is 15.0 Å². The van der Waals surface area contributed by atoms with Gasteiger partial charge in [-0.05, 0) is 66.8 Å². The number of ether oxygens (including phenoxy) is 1. The highest BCUT2D eigenvalue weighted by Gasteiger charge is 2.33. The predicted molar refractivity (Wildman–Crippen MR) is 158 cm³/mol. The van der Waals surface area contributed by atoms with Gasteiger partial charge in [0.25, 0.3) is 10.0 Å². The highest BCUT2D eigenvalue weighted by molar-refractivity contribution is 7.92. The molecule has 8 nitrogen and oxygen atoms in total. The van der Waals surface area contributed by atoms with Crippen LogP contribution >= 0.6 is 0 Å². The normalized spacial score (nSPS) is 12.1. The van der Waals surface area contributed by atoms with Gasteiger partial charge in [0.2, 0.25) is 11.8 Å². The molecule has 3 aromatic rings. The summed E-state index contributed by atoms with van der Waals surface area (Å²) in [5.41, 5.74) is 3.09. The summed E-state index contributed by atoms with van der Waals surface area (Å²) in [6.07, 6.45) is 0.350. The quantitative estimate of drug-likeness (QED) is 0.338. The van der Waals surface area contributed by atoms with Crippen LogP contribution in [0.4, 0.5) is 5.69 Å². The highest BCUT2D eigenvalue weighted by Crippen LogP contribution is 2.27. The third-order valence-electron chi connectivity index (χ3n) is 6.85. The molecule has 0 bridgehead atoms. The smallest absolute Gasteiger partial charge is 0.264 e. The molecule has 0 radical (unpaired) electrons. The van der Waals surface area contributed by atoms with Crippen molar-refractivity contribution in [3.8, 4) is 5.75 Å². The maximum Gasteiger partial charge on any atom is 0.264 e. The molecule has 0 fully saturated rings. The average Bonchev–Trinajstić information content (AvgIpc) is 2.95. The predicted octanol–water partition coefficient (Wildman–Crippen LogP) is 4.88. The monoisotopic (exact) mass is 565 g/mol. The van der Waals surface area contributed by atoms with E-state index in [2.05, 4.69) is 19.2 Å². The molecule has 0 saturated carbocycles. The summed E-state index contributed by atoms with van der Waals surface area (Å²) in [7, 11) is -1.04. The van der Waals surface area contributed by atoms with E-state index in [4.69, 9.17) is 4.74 Å². The number of aryl methyl sites for hydroxylation is 1. The standard InChI is InChI=1S/C31H39N3O5S/c1-7-29(31(36)32-5)33(20-24-9-8-10-27(19-24)39-6)30(35)21-34(26-15-13-25(14-16-26)22(2)3)40(37,38)28-17-11-23(4)12-18-28/h8-19,22,29H,7,20-21H2,1-6H3,(H,32,36). The number of benzene rings is 3. The van der Waals surface area contributed by atoms with Crippen LogP contribution in [0.5, 0.6) is 5.75 Å². The van der Waals surface area contributed by atoms with E-state index in [-0.39, 0.29) is 23.3 Å². The van der Waals surface area contributed by atoms with Gasteiger partial charge in [0.05, 0.1) is 17.7 Å². The molecule has 0 heterocycles. The van der Waals surface area contributed by atoms with Crippen molar-refractivity contribution >= 4 is 27.5 Å². The summed E-state index contributed by atoms with van der Waals surface area (Å²) in [5, 5.41) is 2.63. The van der Waals surface area contributed by atoms with Crippen molar-refractivity contribution in [2.24, 2.45) is 0 Å². The van der Waals surface area contributed by atoms with Gasteiger partial charge in [0.1, 0.15) is 18.3 Å². The Balaban J connectivity index is 2.07. The number of hydrogen-bond donors (Lipinski definition) is 1. The first-order valence-corrected chi connectivity index (χ1v) is 14.8. The number of nitrogens with one attached hydrogen (secondary N) is 1. The fourth-order valence-corrected chi connectivity index (χ4v) is 5.86. The van der Waals surface area contributed by atoms with Gasteiger partial charge in [-0.2, -0.15) is 0 Å². The number of rotatable bonds is 12. The molecule has 0 aromatic heterocycles. The Kier molecular flexibility index (Phi) is 10.3. The van der Waals surface area contributed by atoms with Crippen LogP contribution in [0, 0.1) is 6.92 Å². The summed E-state index contributed by atoms with van der Waals surface area (Å²) in [4.78, 5) is 28.4. The zero-order valence-corrected chi connectivity index (χ0v) is 24.9. The molecule has 0 spiro atoms. The van der Waals surface area contributed by atoms with Gasteiger partial charge in [0.15, 0.2) is 0 Å². The zero-order chi connectivity index (χ0) is 29.4. The fourth-order valence-electron chi connectivity index (χ4n) is 4.45. The second-order valence-corrected chi connectivity index (χ2v) is 11.8. The highest BCUT2D eigenvalue weighted by atomic mass is 32.2. The Morgan fingerprint density at radius 3 is 2.17 bits per heavy atom. The van der Waals surface area contributed by atoms with Gasteiger partial charge >= 0.3 is 0 Å².